The zero-order valence-corrected chi connectivity index (χ0v) is 12.0. The van der Waals surface area contributed by atoms with E-state index in [4.69, 9.17) is 5.73 Å². The molecule has 0 radical (unpaired) electrons. The van der Waals surface area contributed by atoms with Crippen LogP contribution in [0.15, 0.2) is 6.20 Å². The van der Waals surface area contributed by atoms with E-state index in [2.05, 4.69) is 23.8 Å². The van der Waals surface area contributed by atoms with Crippen LogP contribution in [0.1, 0.15) is 75.5 Å². The lowest BCUT2D eigenvalue weighted by Crippen LogP contribution is -2.22. The van der Waals surface area contributed by atoms with Crippen LogP contribution in [0.4, 0.5) is 0 Å². The van der Waals surface area contributed by atoms with Crippen LogP contribution in [0.25, 0.3) is 0 Å². The zero-order valence-electron chi connectivity index (χ0n) is 12.0. The molecule has 0 spiro atoms. The van der Waals surface area contributed by atoms with Gasteiger partial charge in [-0.25, -0.2) is 9.97 Å². The van der Waals surface area contributed by atoms with Gasteiger partial charge in [-0.2, -0.15) is 0 Å². The third-order valence-corrected chi connectivity index (χ3v) is 4.23. The van der Waals surface area contributed by atoms with Gasteiger partial charge in [-0.15, -0.1) is 0 Å². The van der Waals surface area contributed by atoms with Crippen molar-refractivity contribution < 1.29 is 0 Å². The molecule has 2 rings (SSSR count). The van der Waals surface area contributed by atoms with Gasteiger partial charge in [-0.05, 0) is 44.9 Å². The molecule has 0 unspecified atom stereocenters. The first-order valence-electron chi connectivity index (χ1n) is 6.98. The largest absolute Gasteiger partial charge is 0.324 e. The van der Waals surface area contributed by atoms with Crippen LogP contribution < -0.4 is 5.73 Å². The predicted molar refractivity (Wildman–Crippen MR) is 74.4 cm³/mol. The van der Waals surface area contributed by atoms with E-state index in [0.717, 1.165) is 17.1 Å². The monoisotopic (exact) mass is 247 g/mol. The Morgan fingerprint density at radius 2 is 1.94 bits per heavy atom. The number of aromatic nitrogens is 2. The van der Waals surface area contributed by atoms with E-state index < -0.39 is 0 Å². The maximum Gasteiger partial charge on any atom is 0.131 e. The van der Waals surface area contributed by atoms with E-state index >= 15 is 0 Å². The van der Waals surface area contributed by atoms with Gasteiger partial charge in [0.05, 0.1) is 0 Å². The molecule has 0 bridgehead atoms. The number of aryl methyl sites for hydroxylation is 1. The van der Waals surface area contributed by atoms with Gasteiger partial charge >= 0.3 is 0 Å². The Morgan fingerprint density at radius 1 is 1.33 bits per heavy atom. The van der Waals surface area contributed by atoms with Crippen LogP contribution in [0.5, 0.6) is 0 Å². The van der Waals surface area contributed by atoms with E-state index in [-0.39, 0.29) is 6.04 Å². The van der Waals surface area contributed by atoms with Crippen LogP contribution in [0.2, 0.25) is 0 Å². The van der Waals surface area contributed by atoms with Crippen molar-refractivity contribution >= 4 is 0 Å². The first-order valence-corrected chi connectivity index (χ1v) is 6.98. The second kappa shape index (κ2) is 4.96. The molecule has 0 amide bonds. The van der Waals surface area contributed by atoms with Gasteiger partial charge in [0, 0.05) is 29.4 Å². The lowest BCUT2D eigenvalue weighted by Gasteiger charge is -2.33. The molecular formula is C15H25N3. The second-order valence-electron chi connectivity index (χ2n) is 6.50. The van der Waals surface area contributed by atoms with Gasteiger partial charge in [-0.3, -0.25) is 0 Å². The first kappa shape index (κ1) is 13.5. The molecule has 0 aromatic carbocycles. The Hall–Kier alpha value is -0.960. The fourth-order valence-corrected chi connectivity index (χ4v) is 2.80. The molecule has 1 heterocycles. The van der Waals surface area contributed by atoms with E-state index in [0.29, 0.717) is 11.3 Å². The molecule has 1 aliphatic carbocycles. The molecule has 1 saturated carbocycles. The van der Waals surface area contributed by atoms with E-state index in [1.807, 2.05) is 20.0 Å². The average molecular weight is 247 g/mol. The molecule has 100 valence electrons. The van der Waals surface area contributed by atoms with Crippen molar-refractivity contribution in [1.29, 1.82) is 0 Å². The summed E-state index contributed by atoms with van der Waals surface area (Å²) in [4.78, 5) is 9.22. The molecule has 18 heavy (non-hydrogen) atoms. The topological polar surface area (TPSA) is 51.8 Å². The van der Waals surface area contributed by atoms with Gasteiger partial charge in [-0.1, -0.05) is 13.8 Å². The van der Waals surface area contributed by atoms with Gasteiger partial charge in [0.1, 0.15) is 5.82 Å². The Balaban J connectivity index is 2.13. The molecule has 2 N–H and O–H groups in total. The second-order valence-corrected chi connectivity index (χ2v) is 6.50. The normalized spacial score (nSPS) is 21.8. The number of hydrogen-bond donors (Lipinski definition) is 1. The van der Waals surface area contributed by atoms with Crippen LogP contribution in [-0.4, -0.2) is 9.97 Å². The summed E-state index contributed by atoms with van der Waals surface area (Å²) in [5.41, 5.74) is 8.50. The fourth-order valence-electron chi connectivity index (χ4n) is 2.80. The standard InChI is InChI=1S/C15H25N3/c1-10(16)13-9-17-14(18-11(13)2)12-5-7-15(3,4)8-6-12/h9-10,12H,5-8,16H2,1-4H3/t10-/m1/s1. The Morgan fingerprint density at radius 3 is 2.44 bits per heavy atom. The summed E-state index contributed by atoms with van der Waals surface area (Å²) >= 11 is 0. The average Bonchev–Trinajstić information content (AvgIpc) is 2.28. The maximum absolute atomic E-state index is 5.90. The smallest absolute Gasteiger partial charge is 0.131 e. The summed E-state index contributed by atoms with van der Waals surface area (Å²) < 4.78 is 0. The molecule has 0 saturated heterocycles. The number of rotatable bonds is 2. The van der Waals surface area contributed by atoms with Crippen molar-refractivity contribution in [3.63, 3.8) is 0 Å². The highest BCUT2D eigenvalue weighted by Crippen LogP contribution is 2.41. The quantitative estimate of drug-likeness (QED) is 0.870. The van der Waals surface area contributed by atoms with Crippen molar-refractivity contribution in [2.24, 2.45) is 11.1 Å². The molecule has 1 atom stereocenters. The fraction of sp³-hybridized carbons (Fsp3) is 0.733. The van der Waals surface area contributed by atoms with Gasteiger partial charge < -0.3 is 5.73 Å². The zero-order chi connectivity index (χ0) is 13.3. The summed E-state index contributed by atoms with van der Waals surface area (Å²) in [6.07, 6.45) is 6.89. The van der Waals surface area contributed by atoms with Gasteiger partial charge in [0.15, 0.2) is 0 Å². The first-order chi connectivity index (χ1) is 8.39. The van der Waals surface area contributed by atoms with Crippen molar-refractivity contribution in [2.75, 3.05) is 0 Å². The molecule has 3 heteroatoms. The summed E-state index contributed by atoms with van der Waals surface area (Å²) in [7, 11) is 0. The minimum absolute atomic E-state index is 0.0179. The summed E-state index contributed by atoms with van der Waals surface area (Å²) in [6, 6.07) is 0.0179. The summed E-state index contributed by atoms with van der Waals surface area (Å²) in [5.74, 6) is 1.56. The maximum atomic E-state index is 5.90. The Bertz CT molecular complexity index is 414. The highest BCUT2D eigenvalue weighted by molar-refractivity contribution is 5.20. The van der Waals surface area contributed by atoms with E-state index in [1.54, 1.807) is 0 Å². The molecule has 1 fully saturated rings. The lowest BCUT2D eigenvalue weighted by molar-refractivity contribution is 0.220. The highest BCUT2D eigenvalue weighted by Gasteiger charge is 2.29. The minimum Gasteiger partial charge on any atom is -0.324 e. The predicted octanol–water partition coefficient (Wildman–Crippen LogP) is 3.49. The van der Waals surface area contributed by atoms with Crippen molar-refractivity contribution in [2.45, 2.75) is 65.3 Å². The molecule has 1 aromatic heterocycles. The third kappa shape index (κ3) is 2.89. The van der Waals surface area contributed by atoms with Gasteiger partial charge in [0.2, 0.25) is 0 Å². The SMILES string of the molecule is Cc1nc(C2CCC(C)(C)CC2)ncc1[C@@H](C)N. The van der Waals surface area contributed by atoms with Crippen LogP contribution >= 0.6 is 0 Å². The molecule has 1 aromatic rings. The van der Waals surface area contributed by atoms with Crippen LogP contribution in [0.3, 0.4) is 0 Å². The Kier molecular flexibility index (Phi) is 3.71. The summed E-state index contributed by atoms with van der Waals surface area (Å²) in [5, 5.41) is 0. The van der Waals surface area contributed by atoms with Crippen LogP contribution in [-0.2, 0) is 0 Å². The molecule has 1 aliphatic rings. The molecular weight excluding hydrogens is 222 g/mol. The Labute approximate surface area is 110 Å². The molecule has 3 nitrogen and oxygen atoms in total. The number of nitrogens with two attached hydrogens (primary N) is 1. The van der Waals surface area contributed by atoms with Crippen LogP contribution in [0, 0.1) is 12.3 Å². The van der Waals surface area contributed by atoms with Crippen molar-refractivity contribution in [3.8, 4) is 0 Å². The number of hydrogen-bond acceptors (Lipinski definition) is 3. The molecule has 0 aliphatic heterocycles. The number of nitrogens with zero attached hydrogens (tertiary/aromatic N) is 2. The van der Waals surface area contributed by atoms with E-state index in [1.165, 1.54) is 25.7 Å². The van der Waals surface area contributed by atoms with Crippen molar-refractivity contribution in [1.82, 2.24) is 9.97 Å². The minimum atomic E-state index is 0.0179. The van der Waals surface area contributed by atoms with Crippen molar-refractivity contribution in [3.05, 3.63) is 23.3 Å². The summed E-state index contributed by atoms with van der Waals surface area (Å²) in [6.45, 7) is 8.73. The highest BCUT2D eigenvalue weighted by atomic mass is 14.9. The van der Waals surface area contributed by atoms with E-state index in [9.17, 15) is 0 Å². The third-order valence-electron chi connectivity index (χ3n) is 4.23. The van der Waals surface area contributed by atoms with Gasteiger partial charge in [0.25, 0.3) is 0 Å². The lowest BCUT2D eigenvalue weighted by atomic mass is 9.73.